The van der Waals surface area contributed by atoms with E-state index in [1.54, 1.807) is 31.0 Å². The van der Waals surface area contributed by atoms with Crippen LogP contribution in [0.3, 0.4) is 0 Å². The third-order valence-electron chi connectivity index (χ3n) is 2.61. The molecule has 0 radical (unpaired) electrons. The zero-order chi connectivity index (χ0) is 12.9. The number of hydrogen-bond donors (Lipinski definition) is 1. The molecule has 94 valence electrons. The summed E-state index contributed by atoms with van der Waals surface area (Å²) in [6, 6.07) is 7.72. The molecule has 19 heavy (non-hydrogen) atoms. The van der Waals surface area contributed by atoms with Crippen molar-refractivity contribution in [1.29, 1.82) is 0 Å². The molecule has 1 N–H and O–H groups in total. The number of pyridine rings is 1. The number of furan rings is 1. The fourth-order valence-corrected chi connectivity index (χ4v) is 1.70. The molecule has 0 aliphatic heterocycles. The Hall–Kier alpha value is -2.69. The minimum Gasteiger partial charge on any atom is -0.459 e. The minimum absolute atomic E-state index is 0.568. The van der Waals surface area contributed by atoms with E-state index in [0.29, 0.717) is 6.54 Å². The molecule has 0 aromatic carbocycles. The first-order valence-electron chi connectivity index (χ1n) is 5.91. The lowest BCUT2D eigenvalue weighted by molar-refractivity contribution is 0.531. The number of nitrogens with zero attached hydrogens (tertiary/aromatic N) is 3. The largest absolute Gasteiger partial charge is 0.459 e. The fraction of sp³-hybridized carbons (Fsp3) is 0.0714. The average Bonchev–Trinajstić information content (AvgIpc) is 2.96. The van der Waals surface area contributed by atoms with Crippen molar-refractivity contribution < 1.29 is 4.42 Å². The number of nitrogens with one attached hydrogen (secondary N) is 1. The Morgan fingerprint density at radius 2 is 1.95 bits per heavy atom. The van der Waals surface area contributed by atoms with Crippen LogP contribution in [0.25, 0.3) is 11.3 Å². The van der Waals surface area contributed by atoms with Gasteiger partial charge in [-0.3, -0.25) is 9.97 Å². The molecule has 3 aromatic heterocycles. The lowest BCUT2D eigenvalue weighted by Gasteiger charge is -2.01. The molecule has 0 amide bonds. The Labute approximate surface area is 110 Å². The monoisotopic (exact) mass is 252 g/mol. The number of anilines is 1. The van der Waals surface area contributed by atoms with E-state index in [4.69, 9.17) is 4.42 Å². The zero-order valence-corrected chi connectivity index (χ0v) is 10.2. The van der Waals surface area contributed by atoms with Crippen molar-refractivity contribution in [2.75, 3.05) is 5.32 Å². The Kier molecular flexibility index (Phi) is 3.18. The molecule has 3 rings (SSSR count). The quantitative estimate of drug-likeness (QED) is 0.773. The molecule has 0 saturated carbocycles. The van der Waals surface area contributed by atoms with Crippen LogP contribution in [0.1, 0.15) is 5.76 Å². The summed E-state index contributed by atoms with van der Waals surface area (Å²) in [7, 11) is 0. The van der Waals surface area contributed by atoms with Gasteiger partial charge in [-0.05, 0) is 24.3 Å². The summed E-state index contributed by atoms with van der Waals surface area (Å²) in [6.45, 7) is 0.568. The van der Waals surface area contributed by atoms with Crippen molar-refractivity contribution in [3.63, 3.8) is 0 Å². The van der Waals surface area contributed by atoms with Crippen molar-refractivity contribution in [2.45, 2.75) is 6.54 Å². The van der Waals surface area contributed by atoms with Gasteiger partial charge in [0, 0.05) is 30.4 Å². The summed E-state index contributed by atoms with van der Waals surface area (Å²) < 4.78 is 5.74. The van der Waals surface area contributed by atoms with Gasteiger partial charge in [-0.15, -0.1) is 0 Å². The van der Waals surface area contributed by atoms with Gasteiger partial charge < -0.3 is 9.73 Å². The predicted molar refractivity (Wildman–Crippen MR) is 71.3 cm³/mol. The van der Waals surface area contributed by atoms with Crippen LogP contribution in [0, 0.1) is 0 Å². The van der Waals surface area contributed by atoms with E-state index >= 15 is 0 Å². The topological polar surface area (TPSA) is 63.8 Å². The van der Waals surface area contributed by atoms with Crippen LogP contribution in [0.5, 0.6) is 0 Å². The van der Waals surface area contributed by atoms with Crippen LogP contribution in [-0.4, -0.2) is 15.0 Å². The van der Waals surface area contributed by atoms with E-state index in [9.17, 15) is 0 Å². The first-order valence-corrected chi connectivity index (χ1v) is 5.91. The molecule has 0 atom stereocenters. The van der Waals surface area contributed by atoms with E-state index in [1.165, 1.54) is 0 Å². The maximum Gasteiger partial charge on any atom is 0.144 e. The molecular formula is C14H12N4O. The maximum absolute atomic E-state index is 5.74. The van der Waals surface area contributed by atoms with Crippen molar-refractivity contribution in [3.05, 3.63) is 61.0 Å². The van der Waals surface area contributed by atoms with Gasteiger partial charge in [-0.2, -0.15) is 0 Å². The van der Waals surface area contributed by atoms with Crippen LogP contribution in [0.15, 0.2) is 59.7 Å². The summed E-state index contributed by atoms with van der Waals surface area (Å²) in [5.74, 6) is 2.37. The molecule has 0 bridgehead atoms. The molecule has 3 heterocycles. The van der Waals surface area contributed by atoms with Crippen LogP contribution in [-0.2, 0) is 6.54 Å². The van der Waals surface area contributed by atoms with Gasteiger partial charge >= 0.3 is 0 Å². The average molecular weight is 252 g/mol. The highest BCUT2D eigenvalue weighted by Gasteiger charge is 2.04. The summed E-state index contributed by atoms with van der Waals surface area (Å²) in [4.78, 5) is 12.2. The molecule has 0 unspecified atom stereocenters. The highest BCUT2D eigenvalue weighted by Crippen LogP contribution is 2.21. The van der Waals surface area contributed by atoms with Crippen molar-refractivity contribution >= 4 is 5.82 Å². The Morgan fingerprint density at radius 3 is 2.74 bits per heavy atom. The van der Waals surface area contributed by atoms with Crippen LogP contribution in [0.2, 0.25) is 0 Å². The summed E-state index contributed by atoms with van der Waals surface area (Å²) in [5.41, 5.74) is 0.966. The van der Waals surface area contributed by atoms with E-state index in [-0.39, 0.29) is 0 Å². The Morgan fingerprint density at radius 1 is 1.00 bits per heavy atom. The number of aromatic nitrogens is 3. The third kappa shape index (κ3) is 2.77. The maximum atomic E-state index is 5.74. The normalized spacial score (nSPS) is 10.3. The molecule has 0 aliphatic carbocycles. The summed E-state index contributed by atoms with van der Waals surface area (Å²) in [5, 5.41) is 3.14. The SMILES string of the molecule is c1cncc(-c2ccc(CNc3cnccn3)o2)c1. The Balaban J connectivity index is 1.69. The molecule has 0 spiro atoms. The van der Waals surface area contributed by atoms with Gasteiger partial charge in [-0.25, -0.2) is 4.98 Å². The van der Waals surface area contributed by atoms with Crippen LogP contribution >= 0.6 is 0 Å². The van der Waals surface area contributed by atoms with Crippen LogP contribution < -0.4 is 5.32 Å². The Bertz CT molecular complexity index is 637. The summed E-state index contributed by atoms with van der Waals surface area (Å²) in [6.07, 6.45) is 8.47. The minimum atomic E-state index is 0.568. The van der Waals surface area contributed by atoms with E-state index in [2.05, 4.69) is 20.3 Å². The fourth-order valence-electron chi connectivity index (χ4n) is 1.70. The predicted octanol–water partition coefficient (Wildman–Crippen LogP) is 2.74. The zero-order valence-electron chi connectivity index (χ0n) is 10.2. The standard InChI is InChI=1S/C14H12N4O/c1-2-11(8-15-5-1)13-4-3-12(19-13)9-18-14-10-16-6-7-17-14/h1-8,10H,9H2,(H,17,18). The van der Waals surface area contributed by atoms with Crippen molar-refractivity contribution in [3.8, 4) is 11.3 Å². The highest BCUT2D eigenvalue weighted by molar-refractivity contribution is 5.55. The van der Waals surface area contributed by atoms with Crippen molar-refractivity contribution in [1.82, 2.24) is 15.0 Å². The van der Waals surface area contributed by atoms with E-state index in [1.807, 2.05) is 24.3 Å². The molecule has 5 heteroatoms. The number of rotatable bonds is 4. The number of hydrogen-bond acceptors (Lipinski definition) is 5. The molecular weight excluding hydrogens is 240 g/mol. The van der Waals surface area contributed by atoms with Gasteiger partial charge in [0.05, 0.1) is 12.7 Å². The van der Waals surface area contributed by atoms with Gasteiger partial charge in [0.1, 0.15) is 17.3 Å². The van der Waals surface area contributed by atoms with Gasteiger partial charge in [0.25, 0.3) is 0 Å². The molecule has 0 fully saturated rings. The van der Waals surface area contributed by atoms with Crippen molar-refractivity contribution in [2.24, 2.45) is 0 Å². The second-order valence-electron chi connectivity index (χ2n) is 3.95. The van der Waals surface area contributed by atoms with Gasteiger partial charge in [0.2, 0.25) is 0 Å². The van der Waals surface area contributed by atoms with Gasteiger partial charge in [0.15, 0.2) is 0 Å². The first kappa shape index (κ1) is 11.4. The molecule has 0 aliphatic rings. The first-order chi connectivity index (χ1) is 9.42. The van der Waals surface area contributed by atoms with Crippen LogP contribution in [0.4, 0.5) is 5.82 Å². The molecule has 5 nitrogen and oxygen atoms in total. The second-order valence-corrected chi connectivity index (χ2v) is 3.95. The van der Waals surface area contributed by atoms with E-state index in [0.717, 1.165) is 22.9 Å². The molecule has 0 saturated heterocycles. The summed E-state index contributed by atoms with van der Waals surface area (Å²) >= 11 is 0. The van der Waals surface area contributed by atoms with E-state index < -0.39 is 0 Å². The molecule has 3 aromatic rings. The lowest BCUT2D eigenvalue weighted by atomic mass is 10.2. The third-order valence-corrected chi connectivity index (χ3v) is 2.61. The smallest absolute Gasteiger partial charge is 0.144 e. The second kappa shape index (κ2) is 5.30. The van der Waals surface area contributed by atoms with Gasteiger partial charge in [-0.1, -0.05) is 0 Å². The lowest BCUT2D eigenvalue weighted by Crippen LogP contribution is -2.00. The highest BCUT2D eigenvalue weighted by atomic mass is 16.3.